The van der Waals surface area contributed by atoms with Gasteiger partial charge in [-0.05, 0) is 57.0 Å². The molecule has 0 aliphatic carbocycles. The quantitative estimate of drug-likeness (QED) is 0.345. The Morgan fingerprint density at radius 3 is 2.54 bits per heavy atom. The van der Waals surface area contributed by atoms with Gasteiger partial charge in [0.1, 0.15) is 6.61 Å². The maximum atomic E-state index is 13.4. The van der Waals surface area contributed by atoms with Crippen molar-refractivity contribution in [2.75, 3.05) is 26.4 Å². The summed E-state index contributed by atoms with van der Waals surface area (Å²) in [6.45, 7) is 4.72. The summed E-state index contributed by atoms with van der Waals surface area (Å²) in [6.07, 6.45) is 1.71. The van der Waals surface area contributed by atoms with Gasteiger partial charge in [0.05, 0.1) is 35.7 Å². The Balaban J connectivity index is 1.60. The predicted molar refractivity (Wildman–Crippen MR) is 143 cm³/mol. The lowest BCUT2D eigenvalue weighted by atomic mass is 10.1. The van der Waals surface area contributed by atoms with Gasteiger partial charge in [0.25, 0.3) is 5.91 Å². The number of ether oxygens (including phenoxy) is 2. The first-order chi connectivity index (χ1) is 17.8. The minimum absolute atomic E-state index is 0.0674. The number of nitrogens with one attached hydrogen (secondary N) is 1. The van der Waals surface area contributed by atoms with Crippen LogP contribution in [0.2, 0.25) is 15.1 Å². The minimum atomic E-state index is -0.409. The zero-order valence-corrected chi connectivity index (χ0v) is 22.7. The third kappa shape index (κ3) is 6.45. The molecule has 2 heterocycles. The molecule has 2 aromatic carbocycles. The van der Waals surface area contributed by atoms with Crippen LogP contribution in [0.15, 0.2) is 42.5 Å². The van der Waals surface area contributed by atoms with Gasteiger partial charge in [0.15, 0.2) is 5.69 Å². The molecule has 1 fully saturated rings. The van der Waals surface area contributed by atoms with Gasteiger partial charge >= 0.3 is 5.97 Å². The molecule has 1 aliphatic heterocycles. The number of halogens is 3. The molecule has 1 amide bonds. The van der Waals surface area contributed by atoms with E-state index < -0.39 is 5.97 Å². The molecule has 37 heavy (non-hydrogen) atoms. The van der Waals surface area contributed by atoms with Crippen molar-refractivity contribution in [2.45, 2.75) is 32.7 Å². The SMILES string of the molecule is CCOC(=O)COCC1CCCN1NC(=O)c1nn(-c2ccc(Cl)cc2Cl)c(-c2ccc(Cl)cc2)c1C. The normalized spacial score (nSPS) is 15.6. The van der Waals surface area contributed by atoms with E-state index in [1.807, 2.05) is 24.1 Å². The average molecular weight is 566 g/mol. The van der Waals surface area contributed by atoms with Crippen LogP contribution in [0, 0.1) is 6.92 Å². The van der Waals surface area contributed by atoms with Crippen molar-refractivity contribution in [3.8, 4) is 16.9 Å². The molecule has 8 nitrogen and oxygen atoms in total. The largest absolute Gasteiger partial charge is 0.464 e. The standard InChI is InChI=1S/C26H27Cl3N4O4/c1-3-37-23(34)15-36-14-20-5-4-12-32(20)31-26(35)24-16(2)25(17-6-8-18(27)9-7-17)33(30-24)22-11-10-19(28)13-21(22)29/h6-11,13,20H,3-5,12,14-15H2,1-2H3,(H,31,35). The predicted octanol–water partition coefficient (Wildman–Crippen LogP) is 5.50. The summed E-state index contributed by atoms with van der Waals surface area (Å²) >= 11 is 18.7. The number of carbonyl (C=O) groups is 2. The molecule has 1 saturated heterocycles. The Bertz CT molecular complexity index is 1280. The monoisotopic (exact) mass is 564 g/mol. The Morgan fingerprint density at radius 2 is 1.84 bits per heavy atom. The van der Waals surface area contributed by atoms with Gasteiger partial charge in [0, 0.05) is 27.7 Å². The second kappa shape index (κ2) is 12.3. The van der Waals surface area contributed by atoms with Gasteiger partial charge in [-0.15, -0.1) is 0 Å². The van der Waals surface area contributed by atoms with Crippen molar-refractivity contribution < 1.29 is 19.1 Å². The van der Waals surface area contributed by atoms with Crippen LogP contribution in [0.5, 0.6) is 0 Å². The third-order valence-corrected chi connectivity index (χ3v) is 6.84. The first kappa shape index (κ1) is 27.4. The Kier molecular flexibility index (Phi) is 9.10. The summed E-state index contributed by atoms with van der Waals surface area (Å²) in [6, 6.07) is 12.3. The van der Waals surface area contributed by atoms with Crippen molar-refractivity contribution in [1.29, 1.82) is 0 Å². The summed E-state index contributed by atoms with van der Waals surface area (Å²) in [5, 5.41) is 7.99. The number of hydrogen-bond acceptors (Lipinski definition) is 6. The fraction of sp³-hybridized carbons (Fsp3) is 0.346. The van der Waals surface area contributed by atoms with Crippen LogP contribution in [0.25, 0.3) is 16.9 Å². The molecule has 3 aromatic rings. The van der Waals surface area contributed by atoms with E-state index in [1.165, 1.54) is 0 Å². The lowest BCUT2D eigenvalue weighted by Crippen LogP contribution is -2.47. The molecule has 1 atom stereocenters. The number of benzene rings is 2. The number of amides is 1. The van der Waals surface area contributed by atoms with E-state index in [9.17, 15) is 9.59 Å². The molecule has 196 valence electrons. The second-order valence-electron chi connectivity index (χ2n) is 8.59. The zero-order valence-electron chi connectivity index (χ0n) is 20.5. The van der Waals surface area contributed by atoms with E-state index in [0.29, 0.717) is 51.8 Å². The van der Waals surface area contributed by atoms with E-state index in [2.05, 4.69) is 10.5 Å². The number of hydrogen-bond donors (Lipinski definition) is 1. The highest BCUT2D eigenvalue weighted by molar-refractivity contribution is 6.35. The van der Waals surface area contributed by atoms with Crippen LogP contribution in [0.3, 0.4) is 0 Å². The van der Waals surface area contributed by atoms with E-state index in [-0.39, 0.29) is 24.2 Å². The molecule has 1 N–H and O–H groups in total. The van der Waals surface area contributed by atoms with Gasteiger partial charge in [-0.2, -0.15) is 5.10 Å². The highest BCUT2D eigenvalue weighted by Gasteiger charge is 2.29. The molecular weight excluding hydrogens is 539 g/mol. The number of nitrogens with zero attached hydrogens (tertiary/aromatic N) is 3. The molecule has 1 unspecified atom stereocenters. The molecule has 1 aromatic heterocycles. The van der Waals surface area contributed by atoms with Crippen molar-refractivity contribution in [3.63, 3.8) is 0 Å². The van der Waals surface area contributed by atoms with Crippen LogP contribution in [0.4, 0.5) is 0 Å². The van der Waals surface area contributed by atoms with Gasteiger partial charge in [0.2, 0.25) is 0 Å². The summed E-state index contributed by atoms with van der Waals surface area (Å²) in [4.78, 5) is 25.0. The maximum absolute atomic E-state index is 13.4. The van der Waals surface area contributed by atoms with Crippen LogP contribution in [-0.4, -0.2) is 59.1 Å². The molecule has 0 radical (unpaired) electrons. The highest BCUT2D eigenvalue weighted by atomic mass is 35.5. The van der Waals surface area contributed by atoms with Crippen molar-refractivity contribution in [3.05, 3.63) is 68.8 Å². The number of hydrazine groups is 1. The van der Waals surface area contributed by atoms with Gasteiger partial charge in [-0.1, -0.05) is 46.9 Å². The van der Waals surface area contributed by atoms with Crippen molar-refractivity contribution in [1.82, 2.24) is 20.2 Å². The molecule has 1 aliphatic rings. The lowest BCUT2D eigenvalue weighted by molar-refractivity contribution is -0.149. The van der Waals surface area contributed by atoms with E-state index >= 15 is 0 Å². The van der Waals surface area contributed by atoms with Gasteiger partial charge < -0.3 is 9.47 Å². The van der Waals surface area contributed by atoms with Gasteiger partial charge in [-0.3, -0.25) is 10.2 Å². The zero-order chi connectivity index (χ0) is 26.5. The first-order valence-corrected chi connectivity index (χ1v) is 13.0. The topological polar surface area (TPSA) is 85.7 Å². The summed E-state index contributed by atoms with van der Waals surface area (Å²) in [5.41, 5.74) is 6.03. The number of carbonyl (C=O) groups excluding carboxylic acids is 2. The highest BCUT2D eigenvalue weighted by Crippen LogP contribution is 2.33. The minimum Gasteiger partial charge on any atom is -0.464 e. The smallest absolute Gasteiger partial charge is 0.332 e. The molecule has 0 saturated carbocycles. The third-order valence-electron chi connectivity index (χ3n) is 6.05. The number of aromatic nitrogens is 2. The van der Waals surface area contributed by atoms with E-state index in [0.717, 1.165) is 18.4 Å². The molecule has 0 spiro atoms. The van der Waals surface area contributed by atoms with Crippen LogP contribution in [-0.2, 0) is 14.3 Å². The first-order valence-electron chi connectivity index (χ1n) is 11.9. The molecule has 0 bridgehead atoms. The van der Waals surface area contributed by atoms with E-state index in [1.54, 1.807) is 41.9 Å². The summed E-state index contributed by atoms with van der Waals surface area (Å²) < 4.78 is 12.1. The molecule has 4 rings (SSSR count). The fourth-order valence-electron chi connectivity index (χ4n) is 4.31. The molecule has 11 heteroatoms. The molecular formula is C26H27Cl3N4O4. The summed E-state index contributed by atoms with van der Waals surface area (Å²) in [7, 11) is 0. The average Bonchev–Trinajstić information content (AvgIpc) is 3.43. The number of esters is 1. The van der Waals surface area contributed by atoms with Crippen molar-refractivity contribution in [2.24, 2.45) is 0 Å². The van der Waals surface area contributed by atoms with Crippen LogP contribution in [0.1, 0.15) is 35.8 Å². The Hall–Kier alpha value is -2.62. The van der Waals surface area contributed by atoms with Crippen LogP contribution < -0.4 is 5.43 Å². The van der Waals surface area contributed by atoms with Gasteiger partial charge in [-0.25, -0.2) is 14.5 Å². The van der Waals surface area contributed by atoms with E-state index in [4.69, 9.17) is 44.3 Å². The Labute approximate surface area is 230 Å². The Morgan fingerprint density at radius 1 is 1.11 bits per heavy atom. The van der Waals surface area contributed by atoms with Crippen molar-refractivity contribution >= 4 is 46.7 Å². The second-order valence-corrected chi connectivity index (χ2v) is 9.87. The maximum Gasteiger partial charge on any atom is 0.332 e. The summed E-state index contributed by atoms with van der Waals surface area (Å²) in [5.74, 6) is -0.762. The number of rotatable bonds is 9. The lowest BCUT2D eigenvalue weighted by Gasteiger charge is -2.24. The van der Waals surface area contributed by atoms with Crippen LogP contribution >= 0.6 is 34.8 Å². The fourth-order valence-corrected chi connectivity index (χ4v) is 4.92.